The summed E-state index contributed by atoms with van der Waals surface area (Å²) in [7, 11) is 1.49. The molecular formula is C16H23N3O5. The van der Waals surface area contributed by atoms with Gasteiger partial charge in [0.2, 0.25) is 5.88 Å². The van der Waals surface area contributed by atoms with Crippen LogP contribution in [0.1, 0.15) is 18.9 Å². The van der Waals surface area contributed by atoms with Crippen LogP contribution in [0.15, 0.2) is 18.3 Å². The monoisotopic (exact) mass is 337 g/mol. The first-order valence-corrected chi connectivity index (χ1v) is 7.85. The number of hydrogen-bond donors (Lipinski definition) is 2. The molecular weight excluding hydrogens is 314 g/mol. The molecule has 2 heterocycles. The Morgan fingerprint density at radius 1 is 1.58 bits per heavy atom. The van der Waals surface area contributed by atoms with Crippen LogP contribution in [0.3, 0.4) is 0 Å². The second kappa shape index (κ2) is 8.60. The number of aliphatic hydroxyl groups is 1. The quantitative estimate of drug-likeness (QED) is 0.716. The van der Waals surface area contributed by atoms with Crippen LogP contribution in [0.25, 0.3) is 0 Å². The molecule has 8 heteroatoms. The van der Waals surface area contributed by atoms with Crippen molar-refractivity contribution in [3.63, 3.8) is 0 Å². The van der Waals surface area contributed by atoms with E-state index in [2.05, 4.69) is 10.3 Å². The Labute approximate surface area is 140 Å². The molecule has 1 aromatic heterocycles. The number of carbonyl (C=O) groups is 2. The zero-order valence-corrected chi connectivity index (χ0v) is 13.9. The molecule has 2 atom stereocenters. The molecule has 0 bridgehead atoms. The molecule has 8 nitrogen and oxygen atoms in total. The molecule has 0 saturated carbocycles. The summed E-state index contributed by atoms with van der Waals surface area (Å²) < 4.78 is 10.5. The van der Waals surface area contributed by atoms with Gasteiger partial charge in [0.1, 0.15) is 0 Å². The highest BCUT2D eigenvalue weighted by molar-refractivity contribution is 6.35. The lowest BCUT2D eigenvalue weighted by molar-refractivity contribution is -0.152. The fourth-order valence-corrected chi connectivity index (χ4v) is 2.64. The average molecular weight is 337 g/mol. The molecule has 0 radical (unpaired) electrons. The number of methoxy groups -OCH3 is 1. The third-order valence-electron chi connectivity index (χ3n) is 3.78. The van der Waals surface area contributed by atoms with Crippen molar-refractivity contribution in [2.75, 3.05) is 26.9 Å². The number of morpholine rings is 1. The van der Waals surface area contributed by atoms with Gasteiger partial charge in [-0.3, -0.25) is 9.59 Å². The van der Waals surface area contributed by atoms with Crippen molar-refractivity contribution < 1.29 is 24.2 Å². The predicted molar refractivity (Wildman–Crippen MR) is 85.3 cm³/mol. The second-order valence-electron chi connectivity index (χ2n) is 5.67. The molecule has 1 saturated heterocycles. The van der Waals surface area contributed by atoms with Gasteiger partial charge in [0.15, 0.2) is 0 Å². The van der Waals surface area contributed by atoms with Gasteiger partial charge in [-0.1, -0.05) is 6.07 Å². The molecule has 0 unspecified atom stereocenters. The maximum Gasteiger partial charge on any atom is 0.312 e. The first kappa shape index (κ1) is 18.2. The van der Waals surface area contributed by atoms with E-state index in [9.17, 15) is 14.7 Å². The summed E-state index contributed by atoms with van der Waals surface area (Å²) in [6, 6.07) is 3.19. The lowest BCUT2D eigenvalue weighted by Gasteiger charge is -2.35. The van der Waals surface area contributed by atoms with E-state index < -0.39 is 17.9 Å². The zero-order chi connectivity index (χ0) is 17.5. The number of nitrogens with zero attached hydrogens (tertiary/aromatic N) is 2. The molecule has 1 aliphatic heterocycles. The smallest absolute Gasteiger partial charge is 0.312 e. The number of amides is 2. The average Bonchev–Trinajstić information content (AvgIpc) is 2.59. The predicted octanol–water partition coefficient (Wildman–Crippen LogP) is -0.295. The summed E-state index contributed by atoms with van der Waals surface area (Å²) in [5.74, 6) is -0.909. The van der Waals surface area contributed by atoms with Crippen molar-refractivity contribution in [1.82, 2.24) is 15.2 Å². The highest BCUT2D eigenvalue weighted by Crippen LogP contribution is 2.15. The van der Waals surface area contributed by atoms with Crippen LogP contribution in [0.2, 0.25) is 0 Å². The van der Waals surface area contributed by atoms with Crippen molar-refractivity contribution in [2.45, 2.75) is 32.0 Å². The molecule has 1 aliphatic rings. The van der Waals surface area contributed by atoms with Gasteiger partial charge >= 0.3 is 11.8 Å². The van der Waals surface area contributed by atoms with Crippen LogP contribution >= 0.6 is 0 Å². The van der Waals surface area contributed by atoms with Gasteiger partial charge in [0, 0.05) is 24.8 Å². The third kappa shape index (κ3) is 4.65. The number of nitrogens with one attached hydrogen (secondary N) is 1. The van der Waals surface area contributed by atoms with Gasteiger partial charge in [-0.05, 0) is 19.4 Å². The van der Waals surface area contributed by atoms with E-state index in [-0.39, 0.29) is 12.6 Å². The molecule has 2 rings (SSSR count). The van der Waals surface area contributed by atoms with E-state index in [1.807, 2.05) is 0 Å². The molecule has 2 amide bonds. The van der Waals surface area contributed by atoms with E-state index in [0.29, 0.717) is 37.6 Å². The van der Waals surface area contributed by atoms with E-state index in [0.717, 1.165) is 0 Å². The highest BCUT2D eigenvalue weighted by Gasteiger charge is 2.31. The summed E-state index contributed by atoms with van der Waals surface area (Å²) in [4.78, 5) is 30.1. The molecule has 132 valence electrons. The number of aromatic nitrogens is 1. The normalized spacial score (nSPS) is 18.8. The molecule has 24 heavy (non-hydrogen) atoms. The molecule has 1 fully saturated rings. The van der Waals surface area contributed by atoms with Crippen LogP contribution in [0.4, 0.5) is 0 Å². The molecule has 0 aromatic carbocycles. The number of ether oxygens (including phenoxy) is 2. The standard InChI is InChI=1S/C16H23N3O5/c1-11(20)8-13-10-24-7-6-19(13)16(22)14(21)18-9-12-4-3-5-17-15(12)23-2/h3-5,11,13,20H,6-10H2,1-2H3,(H,18,21)/t11-,13+/m1/s1. The lowest BCUT2D eigenvalue weighted by atomic mass is 10.1. The topological polar surface area (TPSA) is 101 Å². The van der Waals surface area contributed by atoms with Crippen molar-refractivity contribution in [1.29, 1.82) is 0 Å². The number of carbonyl (C=O) groups excluding carboxylic acids is 2. The van der Waals surface area contributed by atoms with Gasteiger partial charge in [-0.2, -0.15) is 0 Å². The van der Waals surface area contributed by atoms with Gasteiger partial charge in [0.25, 0.3) is 0 Å². The van der Waals surface area contributed by atoms with E-state index in [4.69, 9.17) is 9.47 Å². The van der Waals surface area contributed by atoms with E-state index in [1.54, 1.807) is 25.3 Å². The number of pyridine rings is 1. The Bertz CT molecular complexity index is 579. The van der Waals surface area contributed by atoms with Crippen molar-refractivity contribution in [2.24, 2.45) is 0 Å². The van der Waals surface area contributed by atoms with Crippen LogP contribution in [0, 0.1) is 0 Å². The zero-order valence-electron chi connectivity index (χ0n) is 13.9. The largest absolute Gasteiger partial charge is 0.481 e. The van der Waals surface area contributed by atoms with Crippen molar-refractivity contribution >= 4 is 11.8 Å². The number of rotatable bonds is 5. The Balaban J connectivity index is 1.96. The van der Waals surface area contributed by atoms with Crippen molar-refractivity contribution in [3.8, 4) is 5.88 Å². The fourth-order valence-electron chi connectivity index (χ4n) is 2.64. The number of aliphatic hydroxyl groups excluding tert-OH is 1. The summed E-state index contributed by atoms with van der Waals surface area (Å²) in [5, 5.41) is 12.1. The molecule has 0 spiro atoms. The van der Waals surface area contributed by atoms with Crippen molar-refractivity contribution in [3.05, 3.63) is 23.9 Å². The van der Waals surface area contributed by atoms with Crippen LogP contribution < -0.4 is 10.1 Å². The Hall–Kier alpha value is -2.19. The first-order chi connectivity index (χ1) is 11.5. The van der Waals surface area contributed by atoms with Gasteiger partial charge < -0.3 is 24.8 Å². The Kier molecular flexibility index (Phi) is 6.51. The maximum absolute atomic E-state index is 12.4. The maximum atomic E-state index is 12.4. The second-order valence-corrected chi connectivity index (χ2v) is 5.67. The molecule has 0 aliphatic carbocycles. The van der Waals surface area contributed by atoms with Crippen LogP contribution in [0.5, 0.6) is 5.88 Å². The van der Waals surface area contributed by atoms with Gasteiger partial charge in [-0.15, -0.1) is 0 Å². The number of hydrogen-bond acceptors (Lipinski definition) is 6. The molecule has 2 N–H and O–H groups in total. The van der Waals surface area contributed by atoms with Crippen LogP contribution in [-0.4, -0.2) is 65.8 Å². The summed E-state index contributed by atoms with van der Waals surface area (Å²) in [6.07, 6.45) is 1.38. The van der Waals surface area contributed by atoms with Crippen LogP contribution in [-0.2, 0) is 20.9 Å². The van der Waals surface area contributed by atoms with Gasteiger partial charge in [0.05, 0.1) is 32.5 Å². The Morgan fingerprint density at radius 3 is 3.08 bits per heavy atom. The summed E-state index contributed by atoms with van der Waals surface area (Å²) >= 11 is 0. The Morgan fingerprint density at radius 2 is 2.38 bits per heavy atom. The fraction of sp³-hybridized carbons (Fsp3) is 0.562. The SMILES string of the molecule is COc1ncccc1CNC(=O)C(=O)N1CCOC[C@@H]1C[C@@H](C)O. The van der Waals surface area contributed by atoms with E-state index >= 15 is 0 Å². The summed E-state index contributed by atoms with van der Waals surface area (Å²) in [5.41, 5.74) is 0.684. The molecule has 1 aromatic rings. The minimum Gasteiger partial charge on any atom is -0.481 e. The lowest BCUT2D eigenvalue weighted by Crippen LogP contribution is -2.54. The highest BCUT2D eigenvalue weighted by atomic mass is 16.5. The minimum absolute atomic E-state index is 0.146. The van der Waals surface area contributed by atoms with E-state index in [1.165, 1.54) is 12.0 Å². The minimum atomic E-state index is -0.696. The van der Waals surface area contributed by atoms with Gasteiger partial charge in [-0.25, -0.2) is 4.98 Å². The first-order valence-electron chi connectivity index (χ1n) is 7.85. The summed E-state index contributed by atoms with van der Waals surface area (Å²) in [6.45, 7) is 2.82. The third-order valence-corrected chi connectivity index (χ3v) is 3.78.